The van der Waals surface area contributed by atoms with Crippen LogP contribution in [0.3, 0.4) is 0 Å². The van der Waals surface area contributed by atoms with Gasteiger partial charge in [0.05, 0.1) is 14.2 Å². The molecule has 2 rings (SSSR count). The fraction of sp³-hybridized carbons (Fsp3) is 0.538. The smallest absolute Gasteiger partial charge is 0.0831 e. The van der Waals surface area contributed by atoms with Crippen LogP contribution in [0.15, 0.2) is 30.3 Å². The molecule has 0 spiro atoms. The Morgan fingerprint density at radius 1 is 1.27 bits per heavy atom. The van der Waals surface area contributed by atoms with Gasteiger partial charge in [-0.25, -0.2) is 0 Å². The van der Waals surface area contributed by atoms with Gasteiger partial charge in [0.15, 0.2) is 0 Å². The molecule has 1 unspecified atom stereocenters. The van der Waals surface area contributed by atoms with E-state index in [1.165, 1.54) is 18.9 Å². The molecule has 0 aliphatic carbocycles. The van der Waals surface area contributed by atoms with Crippen LogP contribution in [0.25, 0.3) is 0 Å². The molecule has 1 aromatic carbocycles. The highest BCUT2D eigenvalue weighted by Gasteiger charge is 2.29. The summed E-state index contributed by atoms with van der Waals surface area (Å²) in [5, 5.41) is 1.56. The van der Waals surface area contributed by atoms with Crippen molar-refractivity contribution in [2.24, 2.45) is 0 Å². The zero-order valence-electron chi connectivity index (χ0n) is 9.70. The molecule has 1 atom stereocenters. The maximum absolute atomic E-state index is 5.75. The van der Waals surface area contributed by atoms with E-state index in [1.54, 1.807) is 5.19 Å². The molecular weight excluding hydrogens is 200 g/mol. The summed E-state index contributed by atoms with van der Waals surface area (Å²) < 4.78 is 5.75. The first kappa shape index (κ1) is 10.9. The van der Waals surface area contributed by atoms with Crippen molar-refractivity contribution in [3.8, 4) is 0 Å². The second-order valence-electron chi connectivity index (χ2n) is 5.09. The van der Waals surface area contributed by atoms with Gasteiger partial charge in [0.2, 0.25) is 0 Å². The maximum Gasteiger partial charge on any atom is 0.0831 e. The van der Waals surface area contributed by atoms with Crippen molar-refractivity contribution in [1.29, 1.82) is 0 Å². The van der Waals surface area contributed by atoms with Crippen LogP contribution in [-0.4, -0.2) is 20.8 Å². The van der Waals surface area contributed by atoms with Gasteiger partial charge in [-0.15, -0.1) is 0 Å². The van der Waals surface area contributed by atoms with Crippen molar-refractivity contribution in [1.82, 2.24) is 0 Å². The largest absolute Gasteiger partial charge is 0.379 e. The van der Waals surface area contributed by atoms with Gasteiger partial charge in [-0.3, -0.25) is 0 Å². The Kier molecular flexibility index (Phi) is 3.27. The standard InChI is InChI=1S/C13H20OSi/c1-15(2,11-12-7-6-10-14-12)13-8-4-3-5-9-13/h3-5,8-9,12H,6-7,10-11H2,1-2H3. The van der Waals surface area contributed by atoms with Gasteiger partial charge >= 0.3 is 0 Å². The third kappa shape index (κ3) is 2.70. The summed E-state index contributed by atoms with van der Waals surface area (Å²) in [5.74, 6) is 0. The molecular formula is C13H20OSi. The molecule has 0 saturated carbocycles. The van der Waals surface area contributed by atoms with Crippen molar-refractivity contribution in [3.05, 3.63) is 30.3 Å². The summed E-state index contributed by atoms with van der Waals surface area (Å²) in [6, 6.07) is 12.2. The van der Waals surface area contributed by atoms with Crippen LogP contribution in [0.4, 0.5) is 0 Å². The van der Waals surface area contributed by atoms with E-state index in [2.05, 4.69) is 43.4 Å². The molecule has 1 aliphatic rings. The van der Waals surface area contributed by atoms with Crippen LogP contribution >= 0.6 is 0 Å². The lowest BCUT2D eigenvalue weighted by molar-refractivity contribution is 0.124. The second kappa shape index (κ2) is 4.50. The Balaban J connectivity index is 2.05. The maximum atomic E-state index is 5.75. The molecule has 82 valence electrons. The normalized spacial score (nSPS) is 21.9. The molecule has 0 aromatic heterocycles. The highest BCUT2D eigenvalue weighted by atomic mass is 28.3. The van der Waals surface area contributed by atoms with E-state index < -0.39 is 8.07 Å². The Hall–Kier alpha value is -0.603. The summed E-state index contributed by atoms with van der Waals surface area (Å²) in [4.78, 5) is 0. The van der Waals surface area contributed by atoms with Crippen molar-refractivity contribution < 1.29 is 4.74 Å². The highest BCUT2D eigenvalue weighted by molar-refractivity contribution is 6.89. The lowest BCUT2D eigenvalue weighted by atomic mass is 10.3. The molecule has 1 nitrogen and oxygen atoms in total. The molecule has 1 aromatic rings. The Labute approximate surface area is 93.5 Å². The molecule has 15 heavy (non-hydrogen) atoms. The van der Waals surface area contributed by atoms with Crippen molar-refractivity contribution >= 4 is 13.3 Å². The monoisotopic (exact) mass is 220 g/mol. The van der Waals surface area contributed by atoms with E-state index in [4.69, 9.17) is 4.74 Å². The highest BCUT2D eigenvalue weighted by Crippen LogP contribution is 2.22. The van der Waals surface area contributed by atoms with Crippen LogP contribution in [-0.2, 0) is 4.74 Å². The summed E-state index contributed by atoms with van der Waals surface area (Å²) in [7, 11) is -1.27. The minimum Gasteiger partial charge on any atom is -0.379 e. The Bertz CT molecular complexity index is 302. The second-order valence-corrected chi connectivity index (χ2v) is 9.84. The van der Waals surface area contributed by atoms with Crippen LogP contribution in [0.1, 0.15) is 12.8 Å². The van der Waals surface area contributed by atoms with Gasteiger partial charge < -0.3 is 4.74 Å². The Morgan fingerprint density at radius 3 is 2.60 bits per heavy atom. The van der Waals surface area contributed by atoms with E-state index in [-0.39, 0.29) is 0 Å². The van der Waals surface area contributed by atoms with Crippen LogP contribution in [0.2, 0.25) is 19.1 Å². The lowest BCUT2D eigenvalue weighted by Crippen LogP contribution is -2.43. The average molecular weight is 220 g/mol. The molecule has 0 radical (unpaired) electrons. The first-order chi connectivity index (χ1) is 7.18. The fourth-order valence-corrected chi connectivity index (χ4v) is 5.17. The quantitative estimate of drug-likeness (QED) is 0.712. The van der Waals surface area contributed by atoms with E-state index in [9.17, 15) is 0 Å². The number of rotatable bonds is 3. The lowest BCUT2D eigenvalue weighted by Gasteiger charge is -2.25. The molecule has 1 heterocycles. The number of hydrogen-bond acceptors (Lipinski definition) is 1. The van der Waals surface area contributed by atoms with Crippen molar-refractivity contribution in [2.75, 3.05) is 6.61 Å². The molecule has 2 heteroatoms. The summed E-state index contributed by atoms with van der Waals surface area (Å²) in [6.45, 7) is 5.87. The number of hydrogen-bond donors (Lipinski definition) is 0. The minimum absolute atomic E-state index is 0.534. The molecule has 1 fully saturated rings. The minimum atomic E-state index is -1.27. The number of ether oxygens (including phenoxy) is 1. The third-order valence-electron chi connectivity index (χ3n) is 3.32. The predicted molar refractivity (Wildman–Crippen MR) is 67.3 cm³/mol. The molecule has 0 bridgehead atoms. The van der Waals surface area contributed by atoms with Gasteiger partial charge in [-0.1, -0.05) is 48.6 Å². The van der Waals surface area contributed by atoms with Gasteiger partial charge in [-0.05, 0) is 18.9 Å². The van der Waals surface area contributed by atoms with Crippen molar-refractivity contribution in [3.63, 3.8) is 0 Å². The van der Waals surface area contributed by atoms with E-state index in [0.717, 1.165) is 6.61 Å². The zero-order valence-corrected chi connectivity index (χ0v) is 10.7. The van der Waals surface area contributed by atoms with Crippen LogP contribution in [0, 0.1) is 0 Å². The topological polar surface area (TPSA) is 9.23 Å². The fourth-order valence-electron chi connectivity index (χ4n) is 2.38. The van der Waals surface area contributed by atoms with E-state index >= 15 is 0 Å². The summed E-state index contributed by atoms with van der Waals surface area (Å²) in [6.07, 6.45) is 3.06. The molecule has 0 N–H and O–H groups in total. The van der Waals surface area contributed by atoms with Gasteiger partial charge in [0.25, 0.3) is 0 Å². The molecule has 0 amide bonds. The van der Waals surface area contributed by atoms with Crippen molar-refractivity contribution in [2.45, 2.75) is 38.1 Å². The average Bonchev–Trinajstić information content (AvgIpc) is 2.71. The van der Waals surface area contributed by atoms with Gasteiger partial charge in [0, 0.05) is 6.61 Å². The first-order valence-electron chi connectivity index (χ1n) is 5.86. The predicted octanol–water partition coefficient (Wildman–Crippen LogP) is 2.78. The van der Waals surface area contributed by atoms with E-state index in [1.807, 2.05) is 0 Å². The third-order valence-corrected chi connectivity index (χ3v) is 6.69. The zero-order chi connectivity index (χ0) is 10.7. The Morgan fingerprint density at radius 2 is 2.00 bits per heavy atom. The van der Waals surface area contributed by atoms with Gasteiger partial charge in [0.1, 0.15) is 0 Å². The number of benzene rings is 1. The summed E-state index contributed by atoms with van der Waals surface area (Å²) >= 11 is 0. The SMILES string of the molecule is C[Si](C)(CC1CCCO1)c1ccccc1. The first-order valence-corrected chi connectivity index (χ1v) is 9.06. The summed E-state index contributed by atoms with van der Waals surface area (Å²) in [5.41, 5.74) is 0. The van der Waals surface area contributed by atoms with Crippen LogP contribution in [0.5, 0.6) is 0 Å². The molecule has 1 saturated heterocycles. The van der Waals surface area contributed by atoms with Crippen LogP contribution < -0.4 is 5.19 Å². The van der Waals surface area contributed by atoms with Gasteiger partial charge in [-0.2, -0.15) is 0 Å². The van der Waals surface area contributed by atoms with E-state index in [0.29, 0.717) is 6.10 Å². The molecule has 1 aliphatic heterocycles.